The number of carbonyl (C=O) groups excluding carboxylic acids is 2. The molecule has 3 unspecified atom stereocenters. The Kier molecular flexibility index (Phi) is 8.10. The molecular weight excluding hydrogens is 392 g/mol. The number of benzene rings is 1. The number of H-pyrrole nitrogens is 1. The molecule has 0 saturated carbocycles. The topological polar surface area (TPSA) is 137 Å². The summed E-state index contributed by atoms with van der Waals surface area (Å²) < 4.78 is 0. The van der Waals surface area contributed by atoms with Crippen molar-refractivity contribution in [1.82, 2.24) is 15.6 Å². The number of hydrogen-bond acceptors (Lipinski definition) is 5. The van der Waals surface area contributed by atoms with E-state index >= 15 is 0 Å². The Morgan fingerprint density at radius 1 is 1.14 bits per heavy atom. The highest BCUT2D eigenvalue weighted by atomic mass is 32.1. The Bertz CT molecular complexity index is 867. The van der Waals surface area contributed by atoms with Gasteiger partial charge in [0.25, 0.3) is 0 Å². The maximum atomic E-state index is 12.8. The molecule has 1 heterocycles. The predicted molar refractivity (Wildman–Crippen MR) is 115 cm³/mol. The number of nitrogens with two attached hydrogens (primary N) is 1. The zero-order valence-corrected chi connectivity index (χ0v) is 17.4. The lowest BCUT2D eigenvalue weighted by molar-refractivity contribution is -0.141. The Hall–Kier alpha value is -2.52. The number of aromatic nitrogens is 1. The van der Waals surface area contributed by atoms with Gasteiger partial charge in [-0.3, -0.25) is 9.59 Å². The molecule has 2 aromatic rings. The van der Waals surface area contributed by atoms with E-state index in [9.17, 15) is 19.5 Å². The van der Waals surface area contributed by atoms with Gasteiger partial charge in [0.15, 0.2) is 0 Å². The number of aliphatic carboxylic acids is 1. The van der Waals surface area contributed by atoms with Crippen LogP contribution in [0.25, 0.3) is 10.9 Å². The van der Waals surface area contributed by atoms with E-state index in [1.165, 1.54) is 0 Å². The van der Waals surface area contributed by atoms with E-state index in [2.05, 4.69) is 28.2 Å². The molecule has 1 aromatic heterocycles. The van der Waals surface area contributed by atoms with Crippen LogP contribution in [0.2, 0.25) is 0 Å². The number of hydrogen-bond donors (Lipinski definition) is 6. The molecule has 8 nitrogen and oxygen atoms in total. The Morgan fingerprint density at radius 2 is 1.79 bits per heavy atom. The van der Waals surface area contributed by atoms with Crippen LogP contribution in [0, 0.1) is 5.92 Å². The Morgan fingerprint density at radius 3 is 2.41 bits per heavy atom. The number of thiol groups is 1. The van der Waals surface area contributed by atoms with Crippen LogP contribution in [0.3, 0.4) is 0 Å². The largest absolute Gasteiger partial charge is 0.480 e. The van der Waals surface area contributed by atoms with Crippen LogP contribution >= 0.6 is 12.6 Å². The van der Waals surface area contributed by atoms with Crippen molar-refractivity contribution in [2.24, 2.45) is 11.7 Å². The molecule has 0 saturated heterocycles. The average molecular weight is 421 g/mol. The maximum Gasteiger partial charge on any atom is 0.327 e. The molecule has 0 aliphatic carbocycles. The molecule has 0 fully saturated rings. The van der Waals surface area contributed by atoms with Crippen LogP contribution in [0.4, 0.5) is 0 Å². The molecule has 2 amide bonds. The highest BCUT2D eigenvalue weighted by molar-refractivity contribution is 7.80. The van der Waals surface area contributed by atoms with Crippen molar-refractivity contribution in [2.75, 3.05) is 5.75 Å². The molecule has 1 aromatic carbocycles. The van der Waals surface area contributed by atoms with Crippen molar-refractivity contribution >= 4 is 41.3 Å². The standard InChI is InChI=1S/C20H28N4O4S/c1-11(2)7-14(21)18(25)23-16(19(26)24-17(10-29)20(27)28)8-12-9-22-15-6-4-3-5-13(12)15/h3-6,9,11,14,16-17,22,29H,7-8,10,21H2,1-2H3,(H,23,25)(H,24,26)(H,27,28). The van der Waals surface area contributed by atoms with Crippen LogP contribution < -0.4 is 16.4 Å². The first-order valence-corrected chi connectivity index (χ1v) is 10.1. The van der Waals surface area contributed by atoms with E-state index in [1.807, 2.05) is 38.1 Å². The molecule has 6 N–H and O–H groups in total. The van der Waals surface area contributed by atoms with Crippen LogP contribution in [-0.2, 0) is 20.8 Å². The monoisotopic (exact) mass is 420 g/mol. The highest BCUT2D eigenvalue weighted by Crippen LogP contribution is 2.19. The average Bonchev–Trinajstić information content (AvgIpc) is 3.07. The molecule has 0 radical (unpaired) electrons. The quantitative estimate of drug-likeness (QED) is 0.319. The SMILES string of the molecule is CC(C)CC(N)C(=O)NC(Cc1c[nH]c2ccccc12)C(=O)NC(CS)C(=O)O. The van der Waals surface area contributed by atoms with Crippen LogP contribution in [0.15, 0.2) is 30.5 Å². The van der Waals surface area contributed by atoms with Gasteiger partial charge in [-0.15, -0.1) is 0 Å². The minimum absolute atomic E-state index is 0.0678. The Labute approximate surface area is 175 Å². The molecule has 0 aliphatic heterocycles. The van der Waals surface area contributed by atoms with Gasteiger partial charge in [0.05, 0.1) is 6.04 Å². The van der Waals surface area contributed by atoms with E-state index in [-0.39, 0.29) is 18.1 Å². The molecule has 0 aliphatic rings. The summed E-state index contributed by atoms with van der Waals surface area (Å²) in [6, 6.07) is 4.71. The van der Waals surface area contributed by atoms with E-state index in [4.69, 9.17) is 5.73 Å². The van der Waals surface area contributed by atoms with Gasteiger partial charge in [-0.2, -0.15) is 12.6 Å². The number of rotatable bonds is 10. The lowest BCUT2D eigenvalue weighted by atomic mass is 10.0. The summed E-state index contributed by atoms with van der Waals surface area (Å²) in [5.41, 5.74) is 7.69. The van der Waals surface area contributed by atoms with Crippen molar-refractivity contribution in [3.8, 4) is 0 Å². The fourth-order valence-corrected chi connectivity index (χ4v) is 3.33. The lowest BCUT2D eigenvalue weighted by Crippen LogP contribution is -2.55. The first kappa shape index (κ1) is 22.8. The summed E-state index contributed by atoms with van der Waals surface area (Å²) in [6.07, 6.45) is 2.44. The molecule has 0 bridgehead atoms. The van der Waals surface area contributed by atoms with Gasteiger partial charge in [0, 0.05) is 29.3 Å². The number of para-hydroxylation sites is 1. The minimum Gasteiger partial charge on any atom is -0.480 e. The first-order valence-electron chi connectivity index (χ1n) is 9.47. The number of carboxylic acids is 1. The van der Waals surface area contributed by atoms with Gasteiger partial charge < -0.3 is 26.5 Å². The smallest absolute Gasteiger partial charge is 0.327 e. The van der Waals surface area contributed by atoms with Gasteiger partial charge >= 0.3 is 5.97 Å². The number of fused-ring (bicyclic) bond motifs is 1. The van der Waals surface area contributed by atoms with Crippen LogP contribution in [0.5, 0.6) is 0 Å². The van der Waals surface area contributed by atoms with E-state index in [0.29, 0.717) is 6.42 Å². The maximum absolute atomic E-state index is 12.8. The van der Waals surface area contributed by atoms with Crippen LogP contribution in [0.1, 0.15) is 25.8 Å². The fraction of sp³-hybridized carbons (Fsp3) is 0.450. The zero-order valence-electron chi connectivity index (χ0n) is 16.5. The number of amides is 2. The summed E-state index contributed by atoms with van der Waals surface area (Å²) >= 11 is 3.97. The first-order chi connectivity index (χ1) is 13.7. The van der Waals surface area contributed by atoms with Crippen molar-refractivity contribution < 1.29 is 19.5 Å². The van der Waals surface area contributed by atoms with Crippen molar-refractivity contribution in [3.05, 3.63) is 36.0 Å². The third-order valence-electron chi connectivity index (χ3n) is 4.59. The molecule has 9 heteroatoms. The van der Waals surface area contributed by atoms with Crippen LogP contribution in [-0.4, -0.2) is 51.8 Å². The van der Waals surface area contributed by atoms with E-state index in [0.717, 1.165) is 16.5 Å². The molecule has 0 spiro atoms. The van der Waals surface area contributed by atoms with Crippen molar-refractivity contribution in [2.45, 2.75) is 44.8 Å². The second-order valence-electron chi connectivity index (χ2n) is 7.44. The van der Waals surface area contributed by atoms with E-state index in [1.54, 1.807) is 6.20 Å². The highest BCUT2D eigenvalue weighted by Gasteiger charge is 2.28. The summed E-state index contributed by atoms with van der Waals surface area (Å²) in [4.78, 5) is 39.7. The minimum atomic E-state index is -1.19. The summed E-state index contributed by atoms with van der Waals surface area (Å²) in [7, 11) is 0. The third kappa shape index (κ3) is 6.23. The second kappa shape index (κ2) is 10.3. The van der Waals surface area contributed by atoms with Crippen molar-refractivity contribution in [1.29, 1.82) is 0 Å². The number of carbonyl (C=O) groups is 3. The third-order valence-corrected chi connectivity index (χ3v) is 4.96. The molecule has 158 valence electrons. The summed E-state index contributed by atoms with van der Waals surface area (Å²) in [6.45, 7) is 3.90. The lowest BCUT2D eigenvalue weighted by Gasteiger charge is -2.23. The number of carboxylic acid groups (broad SMARTS) is 1. The number of nitrogens with one attached hydrogen (secondary N) is 3. The zero-order chi connectivity index (χ0) is 21.6. The number of aromatic amines is 1. The Balaban J connectivity index is 2.23. The molecule has 29 heavy (non-hydrogen) atoms. The normalized spacial score (nSPS) is 14.4. The van der Waals surface area contributed by atoms with Gasteiger partial charge in [0.2, 0.25) is 11.8 Å². The van der Waals surface area contributed by atoms with E-state index < -0.39 is 35.9 Å². The van der Waals surface area contributed by atoms with Gasteiger partial charge in [-0.25, -0.2) is 4.79 Å². The second-order valence-corrected chi connectivity index (χ2v) is 7.81. The fourth-order valence-electron chi connectivity index (χ4n) is 3.08. The summed E-state index contributed by atoms with van der Waals surface area (Å²) in [5.74, 6) is -2.08. The van der Waals surface area contributed by atoms with Gasteiger partial charge in [-0.05, 0) is 24.0 Å². The van der Waals surface area contributed by atoms with Gasteiger partial charge in [-0.1, -0.05) is 32.0 Å². The molecule has 2 rings (SSSR count). The molecular formula is C20H28N4O4S. The van der Waals surface area contributed by atoms with Gasteiger partial charge in [0.1, 0.15) is 12.1 Å². The van der Waals surface area contributed by atoms with Crippen molar-refractivity contribution in [3.63, 3.8) is 0 Å². The summed E-state index contributed by atoms with van der Waals surface area (Å²) in [5, 5.41) is 15.2. The predicted octanol–water partition coefficient (Wildman–Crippen LogP) is 1.07. The molecule has 3 atom stereocenters.